The molecule has 0 radical (unpaired) electrons. The molecule has 29 heavy (non-hydrogen) atoms. The quantitative estimate of drug-likeness (QED) is 0.347. The highest BCUT2D eigenvalue weighted by molar-refractivity contribution is 5.86. The predicted molar refractivity (Wildman–Crippen MR) is 112 cm³/mol. The van der Waals surface area contributed by atoms with Crippen molar-refractivity contribution in [2.45, 2.75) is 47.0 Å². The maximum atomic E-state index is 10.3. The summed E-state index contributed by atoms with van der Waals surface area (Å²) < 4.78 is 8.95. The summed E-state index contributed by atoms with van der Waals surface area (Å²) in [5.41, 5.74) is 0.873. The number of hydrogen-bond donors (Lipinski definition) is 2. The van der Waals surface area contributed by atoms with Gasteiger partial charge in [-0.1, -0.05) is 46.6 Å². The molecule has 0 aromatic heterocycles. The van der Waals surface area contributed by atoms with E-state index in [9.17, 15) is 19.2 Å². The van der Waals surface area contributed by atoms with Gasteiger partial charge < -0.3 is 19.7 Å². The van der Waals surface area contributed by atoms with Gasteiger partial charge in [-0.25, -0.2) is 19.2 Å². The second-order valence-electron chi connectivity index (χ2n) is 5.34. The average molecular weight is 414 g/mol. The lowest BCUT2D eigenvalue weighted by Gasteiger charge is -1.97. The van der Waals surface area contributed by atoms with Gasteiger partial charge in [-0.2, -0.15) is 0 Å². The summed E-state index contributed by atoms with van der Waals surface area (Å²) in [4.78, 5) is 40.0. The van der Waals surface area contributed by atoms with E-state index in [0.29, 0.717) is 18.6 Å². The second kappa shape index (κ2) is 22.9. The Kier molecular flexibility index (Phi) is 26.4. The Morgan fingerprint density at radius 3 is 1.52 bits per heavy atom. The summed E-state index contributed by atoms with van der Waals surface area (Å²) in [5, 5.41) is 16.0. The molecular formula is C21H34O8. The van der Waals surface area contributed by atoms with Crippen LogP contribution in [0.5, 0.6) is 0 Å². The highest BCUT2D eigenvalue weighted by Gasteiger charge is 1.96. The number of methoxy groups -OCH3 is 1. The summed E-state index contributed by atoms with van der Waals surface area (Å²) in [6.45, 7) is 20.4. The highest BCUT2D eigenvalue weighted by Crippen LogP contribution is 1.93. The van der Waals surface area contributed by atoms with Crippen molar-refractivity contribution in [1.29, 1.82) is 0 Å². The van der Waals surface area contributed by atoms with Crippen LogP contribution in [0.25, 0.3) is 0 Å². The molecule has 0 rings (SSSR count). The number of carboxylic acids is 2. The van der Waals surface area contributed by atoms with E-state index in [4.69, 9.17) is 10.2 Å². The third kappa shape index (κ3) is 32.9. The molecule has 0 fully saturated rings. The van der Waals surface area contributed by atoms with Crippen LogP contribution in [0, 0.1) is 0 Å². The topological polar surface area (TPSA) is 127 Å². The van der Waals surface area contributed by atoms with Crippen LogP contribution in [0.2, 0.25) is 0 Å². The zero-order chi connectivity index (χ0) is 24.0. The van der Waals surface area contributed by atoms with Crippen molar-refractivity contribution in [2.75, 3.05) is 13.7 Å². The molecule has 0 aromatic rings. The summed E-state index contributed by atoms with van der Waals surface area (Å²) in [6, 6.07) is 0. The minimum atomic E-state index is -0.935. The summed E-state index contributed by atoms with van der Waals surface area (Å²) in [5.74, 6) is -2.51. The van der Waals surface area contributed by atoms with Crippen molar-refractivity contribution < 1.29 is 38.9 Å². The van der Waals surface area contributed by atoms with E-state index < -0.39 is 11.9 Å². The summed E-state index contributed by atoms with van der Waals surface area (Å²) in [7, 11) is 1.33. The molecule has 0 aliphatic carbocycles. The normalized spacial score (nSPS) is 8.03. The lowest BCUT2D eigenvalue weighted by molar-refractivity contribution is -0.138. The number of ether oxygens (including phenoxy) is 2. The summed E-state index contributed by atoms with van der Waals surface area (Å²) in [6.07, 6.45) is 3.68. The third-order valence-electron chi connectivity index (χ3n) is 2.54. The fraction of sp³-hybridized carbons (Fsp3) is 0.429. The van der Waals surface area contributed by atoms with Gasteiger partial charge in [0.2, 0.25) is 0 Å². The zero-order valence-electron chi connectivity index (χ0n) is 18.1. The maximum absolute atomic E-state index is 10.3. The molecule has 0 atom stereocenters. The van der Waals surface area contributed by atoms with Gasteiger partial charge in [0, 0.05) is 22.8 Å². The first kappa shape index (κ1) is 33.4. The molecule has 0 aromatic carbocycles. The number of hydrogen-bond acceptors (Lipinski definition) is 6. The van der Waals surface area contributed by atoms with Crippen molar-refractivity contribution >= 4 is 23.9 Å². The number of carbonyl (C=O) groups is 4. The van der Waals surface area contributed by atoms with E-state index in [1.54, 1.807) is 13.8 Å². The first-order valence-corrected chi connectivity index (χ1v) is 8.64. The van der Waals surface area contributed by atoms with E-state index in [1.807, 2.05) is 6.92 Å². The lowest BCUT2D eigenvalue weighted by Crippen LogP contribution is -2.00. The minimum Gasteiger partial charge on any atom is -0.478 e. The van der Waals surface area contributed by atoms with Crippen molar-refractivity contribution in [1.82, 2.24) is 0 Å². The first-order valence-electron chi connectivity index (χ1n) is 8.64. The van der Waals surface area contributed by atoms with E-state index >= 15 is 0 Å². The molecule has 0 amide bonds. The van der Waals surface area contributed by atoms with Crippen LogP contribution in [0.1, 0.15) is 47.0 Å². The van der Waals surface area contributed by atoms with Gasteiger partial charge in [-0.3, -0.25) is 0 Å². The number of aliphatic carboxylic acids is 2. The molecule has 0 heterocycles. The van der Waals surface area contributed by atoms with Crippen molar-refractivity contribution in [2.24, 2.45) is 0 Å². The number of carbonyl (C=O) groups excluding carboxylic acids is 2. The number of carboxylic acid groups (broad SMARTS) is 2. The molecule has 0 saturated heterocycles. The fourth-order valence-corrected chi connectivity index (χ4v) is 0.701. The molecule has 0 aliphatic rings. The van der Waals surface area contributed by atoms with E-state index in [0.717, 1.165) is 12.8 Å². The van der Waals surface area contributed by atoms with Crippen LogP contribution >= 0.6 is 0 Å². The maximum Gasteiger partial charge on any atom is 0.332 e. The van der Waals surface area contributed by atoms with E-state index in [1.165, 1.54) is 20.1 Å². The Morgan fingerprint density at radius 1 is 0.931 bits per heavy atom. The lowest BCUT2D eigenvalue weighted by atomic mass is 10.2. The predicted octanol–water partition coefficient (Wildman–Crippen LogP) is 3.94. The van der Waals surface area contributed by atoms with Crippen LogP contribution in [0.15, 0.2) is 49.1 Å². The Bertz CT molecular complexity index is 535. The first-order chi connectivity index (χ1) is 13.3. The molecule has 2 N–H and O–H groups in total. The van der Waals surface area contributed by atoms with Crippen LogP contribution in [0.4, 0.5) is 0 Å². The van der Waals surface area contributed by atoms with Crippen molar-refractivity contribution in [3.05, 3.63) is 49.1 Å². The molecule has 0 aliphatic heterocycles. The number of unbranched alkanes of at least 4 members (excludes halogenated alkanes) is 1. The number of esters is 2. The largest absolute Gasteiger partial charge is 0.478 e. The SMILES string of the molecule is C=C(C)C(=O)O.C=C(C)C(=O)OC.C=C(CC)C(=O)O.C=CC(=O)OCCCC. The zero-order valence-corrected chi connectivity index (χ0v) is 18.1. The highest BCUT2D eigenvalue weighted by atomic mass is 16.5. The average Bonchev–Trinajstić information content (AvgIpc) is 2.67. The van der Waals surface area contributed by atoms with Gasteiger partial charge >= 0.3 is 23.9 Å². The number of rotatable bonds is 8. The van der Waals surface area contributed by atoms with Gasteiger partial charge in [0.1, 0.15) is 0 Å². The molecule has 0 bridgehead atoms. The second-order valence-corrected chi connectivity index (χ2v) is 5.34. The molecule has 0 spiro atoms. The molecular weight excluding hydrogens is 380 g/mol. The van der Waals surface area contributed by atoms with Crippen LogP contribution in [0.3, 0.4) is 0 Å². The molecule has 8 nitrogen and oxygen atoms in total. The van der Waals surface area contributed by atoms with Crippen molar-refractivity contribution in [3.8, 4) is 0 Å². The van der Waals surface area contributed by atoms with Gasteiger partial charge in [-0.15, -0.1) is 0 Å². The third-order valence-corrected chi connectivity index (χ3v) is 2.54. The molecule has 0 saturated carbocycles. The van der Waals surface area contributed by atoms with Crippen molar-refractivity contribution in [3.63, 3.8) is 0 Å². The fourth-order valence-electron chi connectivity index (χ4n) is 0.701. The monoisotopic (exact) mass is 414 g/mol. The Morgan fingerprint density at radius 2 is 1.38 bits per heavy atom. The Hall–Kier alpha value is -3.16. The van der Waals surface area contributed by atoms with Gasteiger partial charge in [0.25, 0.3) is 0 Å². The summed E-state index contributed by atoms with van der Waals surface area (Å²) >= 11 is 0. The molecule has 166 valence electrons. The molecule has 8 heteroatoms. The van der Waals surface area contributed by atoms with Crippen LogP contribution in [-0.4, -0.2) is 47.8 Å². The smallest absolute Gasteiger partial charge is 0.332 e. The van der Waals surface area contributed by atoms with Crippen LogP contribution in [-0.2, 0) is 28.7 Å². The Labute approximate surface area is 173 Å². The minimum absolute atomic E-state index is 0.176. The molecule has 0 unspecified atom stereocenters. The van der Waals surface area contributed by atoms with Gasteiger partial charge in [-0.05, 0) is 26.7 Å². The van der Waals surface area contributed by atoms with Gasteiger partial charge in [0.15, 0.2) is 0 Å². The van der Waals surface area contributed by atoms with Crippen LogP contribution < -0.4 is 0 Å². The van der Waals surface area contributed by atoms with Gasteiger partial charge in [0.05, 0.1) is 13.7 Å². The van der Waals surface area contributed by atoms with E-state index in [2.05, 4.69) is 35.8 Å². The Balaban J connectivity index is -0.000000145. The van der Waals surface area contributed by atoms with E-state index in [-0.39, 0.29) is 23.1 Å². The standard InChI is InChI=1S/C7H12O2.2C5H8O2.C4H6O2/c1-3-5-6-9-7(8)4-2;1-4(2)5(6)7-3;1-3-4(2)5(6)7;1-3(2)4(5)6/h4H,2-3,5-6H2,1H3;1H2,2-3H3;2-3H2,1H3,(H,6,7);1H2,2H3,(H,5,6).